The van der Waals surface area contributed by atoms with Gasteiger partial charge in [-0.2, -0.15) is 0 Å². The standard InChI is InChI=1S/C8H14FN/c1-7(9)8(10-7)5-3-2-4-6-8/h10H,2-6H2,1H3. The highest BCUT2D eigenvalue weighted by molar-refractivity contribution is 5.18. The molecule has 1 saturated carbocycles. The summed E-state index contributed by atoms with van der Waals surface area (Å²) in [4.78, 5) is 0. The molecule has 1 N–H and O–H groups in total. The van der Waals surface area contributed by atoms with Gasteiger partial charge in [0.25, 0.3) is 0 Å². The Morgan fingerprint density at radius 1 is 1.20 bits per heavy atom. The number of hydrogen-bond donors (Lipinski definition) is 1. The predicted molar refractivity (Wildman–Crippen MR) is 38.5 cm³/mol. The highest BCUT2D eigenvalue weighted by Gasteiger charge is 2.64. The van der Waals surface area contributed by atoms with Crippen molar-refractivity contribution >= 4 is 0 Å². The van der Waals surface area contributed by atoms with Gasteiger partial charge >= 0.3 is 0 Å². The average Bonchev–Trinajstić information content (AvgIpc) is 2.36. The first kappa shape index (κ1) is 6.59. The van der Waals surface area contributed by atoms with Gasteiger partial charge in [-0.3, -0.25) is 5.32 Å². The highest BCUT2D eigenvalue weighted by Crippen LogP contribution is 2.49. The number of hydrogen-bond acceptors (Lipinski definition) is 1. The quantitative estimate of drug-likeness (QED) is 0.406. The fraction of sp³-hybridized carbons (Fsp3) is 1.00. The molecule has 0 amide bonds. The molecule has 0 bridgehead atoms. The zero-order valence-electron chi connectivity index (χ0n) is 6.41. The number of rotatable bonds is 0. The Balaban J connectivity index is 2.05. The topological polar surface area (TPSA) is 21.9 Å². The Kier molecular flexibility index (Phi) is 1.14. The lowest BCUT2D eigenvalue weighted by Gasteiger charge is -2.20. The molecule has 2 fully saturated rings. The van der Waals surface area contributed by atoms with E-state index in [4.69, 9.17) is 0 Å². The summed E-state index contributed by atoms with van der Waals surface area (Å²) in [6.45, 7) is 1.66. The van der Waals surface area contributed by atoms with Crippen LogP contribution >= 0.6 is 0 Å². The van der Waals surface area contributed by atoms with Crippen molar-refractivity contribution in [1.29, 1.82) is 0 Å². The summed E-state index contributed by atoms with van der Waals surface area (Å²) >= 11 is 0. The zero-order chi connectivity index (χ0) is 7.24. The summed E-state index contributed by atoms with van der Waals surface area (Å²) in [7, 11) is 0. The molecule has 10 heavy (non-hydrogen) atoms. The number of alkyl halides is 1. The fourth-order valence-corrected chi connectivity index (χ4v) is 2.17. The van der Waals surface area contributed by atoms with E-state index in [0.717, 1.165) is 12.8 Å². The van der Waals surface area contributed by atoms with Crippen LogP contribution in [-0.4, -0.2) is 11.3 Å². The van der Waals surface area contributed by atoms with Crippen LogP contribution in [0.1, 0.15) is 39.0 Å². The number of nitrogens with one attached hydrogen (secondary N) is 1. The molecule has 0 aromatic rings. The smallest absolute Gasteiger partial charge is 0.177 e. The molecule has 2 aliphatic rings. The molecule has 1 unspecified atom stereocenters. The summed E-state index contributed by atoms with van der Waals surface area (Å²) in [6, 6.07) is 0. The summed E-state index contributed by atoms with van der Waals surface area (Å²) in [5.41, 5.74) is -0.0920. The SMILES string of the molecule is CC1(F)NC12CCCCC2. The van der Waals surface area contributed by atoms with Crippen molar-refractivity contribution in [3.8, 4) is 0 Å². The Hall–Kier alpha value is -0.110. The second-order valence-corrected chi connectivity index (χ2v) is 3.77. The first-order chi connectivity index (χ1) is 4.66. The van der Waals surface area contributed by atoms with Crippen LogP contribution in [0.5, 0.6) is 0 Å². The van der Waals surface area contributed by atoms with Gasteiger partial charge in [-0.25, -0.2) is 4.39 Å². The first-order valence-corrected chi connectivity index (χ1v) is 4.15. The van der Waals surface area contributed by atoms with E-state index in [1.54, 1.807) is 6.92 Å². The lowest BCUT2D eigenvalue weighted by molar-refractivity contribution is 0.250. The van der Waals surface area contributed by atoms with E-state index >= 15 is 0 Å². The molecule has 1 spiro atoms. The summed E-state index contributed by atoms with van der Waals surface area (Å²) in [5, 5.41) is 2.96. The van der Waals surface area contributed by atoms with Crippen molar-refractivity contribution in [3.05, 3.63) is 0 Å². The molecule has 1 aliphatic heterocycles. The summed E-state index contributed by atoms with van der Waals surface area (Å²) < 4.78 is 13.2. The van der Waals surface area contributed by atoms with Crippen molar-refractivity contribution in [2.24, 2.45) is 0 Å². The Bertz CT molecular complexity index is 147. The molecule has 1 aliphatic carbocycles. The van der Waals surface area contributed by atoms with Gasteiger partial charge in [0.1, 0.15) is 0 Å². The molecular weight excluding hydrogens is 129 g/mol. The Morgan fingerprint density at radius 3 is 2.00 bits per heavy atom. The third-order valence-corrected chi connectivity index (χ3v) is 3.02. The van der Waals surface area contributed by atoms with Gasteiger partial charge in [0.15, 0.2) is 5.79 Å². The van der Waals surface area contributed by atoms with Crippen LogP contribution in [0.15, 0.2) is 0 Å². The number of halogens is 1. The van der Waals surface area contributed by atoms with Crippen LogP contribution in [0.25, 0.3) is 0 Å². The van der Waals surface area contributed by atoms with Crippen LogP contribution < -0.4 is 5.32 Å². The molecule has 0 aromatic carbocycles. The van der Waals surface area contributed by atoms with E-state index < -0.39 is 5.79 Å². The second kappa shape index (κ2) is 1.73. The molecule has 1 nitrogen and oxygen atoms in total. The van der Waals surface area contributed by atoms with Gasteiger partial charge in [0.2, 0.25) is 0 Å². The largest absolute Gasteiger partial charge is 0.274 e. The van der Waals surface area contributed by atoms with Crippen molar-refractivity contribution in [2.75, 3.05) is 0 Å². The Labute approximate surface area is 61.0 Å². The van der Waals surface area contributed by atoms with Crippen molar-refractivity contribution in [3.63, 3.8) is 0 Å². The zero-order valence-corrected chi connectivity index (χ0v) is 6.41. The van der Waals surface area contributed by atoms with Gasteiger partial charge in [0.05, 0.1) is 5.54 Å². The van der Waals surface area contributed by atoms with Gasteiger partial charge in [-0.05, 0) is 19.8 Å². The molecule has 0 aromatic heterocycles. The summed E-state index contributed by atoms with van der Waals surface area (Å²) in [5.74, 6) is -1.03. The molecule has 2 rings (SSSR count). The fourth-order valence-electron chi connectivity index (χ4n) is 2.17. The maximum absolute atomic E-state index is 13.2. The van der Waals surface area contributed by atoms with E-state index in [2.05, 4.69) is 5.32 Å². The summed E-state index contributed by atoms with van der Waals surface area (Å²) in [6.07, 6.45) is 5.78. The minimum atomic E-state index is -1.03. The second-order valence-electron chi connectivity index (χ2n) is 3.77. The molecule has 2 heteroatoms. The molecule has 0 radical (unpaired) electrons. The van der Waals surface area contributed by atoms with Crippen LogP contribution in [0.4, 0.5) is 4.39 Å². The van der Waals surface area contributed by atoms with Crippen LogP contribution in [-0.2, 0) is 0 Å². The van der Waals surface area contributed by atoms with Gasteiger partial charge in [-0.1, -0.05) is 19.3 Å². The lowest BCUT2D eigenvalue weighted by Crippen LogP contribution is -2.23. The monoisotopic (exact) mass is 143 g/mol. The first-order valence-electron chi connectivity index (χ1n) is 4.15. The third kappa shape index (κ3) is 0.715. The minimum Gasteiger partial charge on any atom is -0.274 e. The molecule has 1 atom stereocenters. The average molecular weight is 143 g/mol. The van der Waals surface area contributed by atoms with Gasteiger partial charge < -0.3 is 0 Å². The van der Waals surface area contributed by atoms with E-state index in [9.17, 15) is 4.39 Å². The van der Waals surface area contributed by atoms with E-state index in [0.29, 0.717) is 0 Å². The van der Waals surface area contributed by atoms with Crippen LogP contribution in [0, 0.1) is 0 Å². The molecule has 1 heterocycles. The van der Waals surface area contributed by atoms with Gasteiger partial charge in [0, 0.05) is 0 Å². The van der Waals surface area contributed by atoms with E-state index in [-0.39, 0.29) is 5.54 Å². The lowest BCUT2D eigenvalue weighted by atomic mass is 9.85. The van der Waals surface area contributed by atoms with Crippen molar-refractivity contribution < 1.29 is 4.39 Å². The molecule has 1 saturated heterocycles. The normalized spacial score (nSPS) is 43.8. The third-order valence-electron chi connectivity index (χ3n) is 3.02. The van der Waals surface area contributed by atoms with Crippen molar-refractivity contribution in [2.45, 2.75) is 50.4 Å². The Morgan fingerprint density at radius 2 is 1.70 bits per heavy atom. The van der Waals surface area contributed by atoms with E-state index in [1.165, 1.54) is 19.3 Å². The predicted octanol–water partition coefficient (Wildman–Crippen LogP) is 1.98. The van der Waals surface area contributed by atoms with Crippen LogP contribution in [0.3, 0.4) is 0 Å². The van der Waals surface area contributed by atoms with Gasteiger partial charge in [-0.15, -0.1) is 0 Å². The maximum Gasteiger partial charge on any atom is 0.177 e. The molecular formula is C8H14FN. The van der Waals surface area contributed by atoms with Crippen LogP contribution in [0.2, 0.25) is 0 Å². The maximum atomic E-state index is 13.2. The van der Waals surface area contributed by atoms with Crippen molar-refractivity contribution in [1.82, 2.24) is 5.32 Å². The highest BCUT2D eigenvalue weighted by atomic mass is 19.1. The minimum absolute atomic E-state index is 0.0920. The van der Waals surface area contributed by atoms with E-state index in [1.807, 2.05) is 0 Å². The molecule has 58 valence electrons.